The largest absolute Gasteiger partial charge is 0.497 e. The van der Waals surface area contributed by atoms with Crippen LogP contribution in [0, 0.1) is 6.92 Å². The van der Waals surface area contributed by atoms with Crippen molar-refractivity contribution < 1.29 is 4.74 Å². The number of aromatic nitrogens is 4. The van der Waals surface area contributed by atoms with Gasteiger partial charge >= 0.3 is 0 Å². The Labute approximate surface area is 140 Å². The van der Waals surface area contributed by atoms with Crippen LogP contribution in [0.4, 0.5) is 5.95 Å². The Balaban J connectivity index is 1.72. The normalized spacial score (nSPS) is 19.4. The minimum absolute atomic E-state index is 0.115. The topological polar surface area (TPSA) is 64.9 Å². The molecule has 6 nitrogen and oxygen atoms in total. The van der Waals surface area contributed by atoms with Gasteiger partial charge in [-0.05, 0) is 52.6 Å². The number of fused-ring (bicyclic) bond motifs is 1. The minimum Gasteiger partial charge on any atom is -0.497 e. The summed E-state index contributed by atoms with van der Waals surface area (Å²) in [4.78, 5) is 0. The Hall–Kier alpha value is -2.89. The quantitative estimate of drug-likeness (QED) is 0.803. The molecule has 0 spiro atoms. The summed E-state index contributed by atoms with van der Waals surface area (Å²) >= 11 is 0. The first-order valence-corrected chi connectivity index (χ1v) is 8.00. The monoisotopic (exact) mass is 321 g/mol. The molecule has 1 aliphatic heterocycles. The van der Waals surface area contributed by atoms with Crippen LogP contribution in [0.15, 0.2) is 48.5 Å². The number of rotatable bonds is 3. The van der Waals surface area contributed by atoms with Crippen molar-refractivity contribution in [2.75, 3.05) is 12.4 Å². The fraction of sp³-hybridized carbons (Fsp3) is 0.278. The molecule has 122 valence electrons. The molecule has 3 aromatic rings. The van der Waals surface area contributed by atoms with E-state index >= 15 is 0 Å². The molecule has 0 unspecified atom stereocenters. The van der Waals surface area contributed by atoms with Crippen LogP contribution in [-0.2, 0) is 0 Å². The van der Waals surface area contributed by atoms with Gasteiger partial charge in [0.15, 0.2) is 0 Å². The van der Waals surface area contributed by atoms with Gasteiger partial charge in [0.25, 0.3) is 0 Å². The van der Waals surface area contributed by atoms with E-state index < -0.39 is 0 Å². The molecule has 0 fully saturated rings. The number of nitrogens with one attached hydrogen (secondary N) is 1. The van der Waals surface area contributed by atoms with E-state index in [0.717, 1.165) is 12.2 Å². The smallest absolute Gasteiger partial charge is 0.243 e. The second-order valence-corrected chi connectivity index (χ2v) is 6.03. The van der Waals surface area contributed by atoms with Crippen molar-refractivity contribution in [3.8, 4) is 5.75 Å². The van der Waals surface area contributed by atoms with Crippen molar-refractivity contribution in [1.29, 1.82) is 0 Å². The molecule has 0 bridgehead atoms. The molecule has 4 rings (SSSR count). The fourth-order valence-electron chi connectivity index (χ4n) is 3.31. The highest BCUT2D eigenvalue weighted by atomic mass is 16.5. The summed E-state index contributed by atoms with van der Waals surface area (Å²) < 4.78 is 7.13. The van der Waals surface area contributed by atoms with Crippen LogP contribution >= 0.6 is 0 Å². The lowest BCUT2D eigenvalue weighted by molar-refractivity contribution is 0.412. The molecule has 0 radical (unpaired) electrons. The summed E-state index contributed by atoms with van der Waals surface area (Å²) in [5, 5.41) is 15.6. The average Bonchev–Trinajstić information content (AvgIpc) is 3.10. The predicted molar refractivity (Wildman–Crippen MR) is 91.1 cm³/mol. The van der Waals surface area contributed by atoms with E-state index in [2.05, 4.69) is 64.2 Å². The number of aryl methyl sites for hydroxylation is 1. The van der Waals surface area contributed by atoms with Gasteiger partial charge in [-0.25, -0.2) is 4.68 Å². The predicted octanol–water partition coefficient (Wildman–Crippen LogP) is 3.14. The van der Waals surface area contributed by atoms with Crippen molar-refractivity contribution in [2.24, 2.45) is 0 Å². The summed E-state index contributed by atoms with van der Waals surface area (Å²) in [6.45, 7) is 2.13. The Kier molecular flexibility index (Phi) is 3.65. The van der Waals surface area contributed by atoms with Gasteiger partial charge in [-0.2, -0.15) is 0 Å². The van der Waals surface area contributed by atoms with Crippen molar-refractivity contribution in [1.82, 2.24) is 20.2 Å². The van der Waals surface area contributed by atoms with E-state index in [9.17, 15) is 0 Å². The van der Waals surface area contributed by atoms with Gasteiger partial charge in [-0.1, -0.05) is 41.5 Å². The molecule has 2 heterocycles. The fourth-order valence-corrected chi connectivity index (χ4v) is 3.31. The Morgan fingerprint density at radius 1 is 1.12 bits per heavy atom. The highest BCUT2D eigenvalue weighted by molar-refractivity contribution is 5.40. The van der Waals surface area contributed by atoms with Crippen molar-refractivity contribution in [3.05, 3.63) is 65.2 Å². The first kappa shape index (κ1) is 14.7. The number of methoxy groups -OCH3 is 1. The number of anilines is 1. The number of benzene rings is 2. The molecule has 0 saturated heterocycles. The molecule has 1 N–H and O–H groups in total. The van der Waals surface area contributed by atoms with Crippen LogP contribution in [-0.4, -0.2) is 27.3 Å². The van der Waals surface area contributed by atoms with Crippen molar-refractivity contribution in [3.63, 3.8) is 0 Å². The zero-order valence-corrected chi connectivity index (χ0v) is 13.7. The van der Waals surface area contributed by atoms with Gasteiger partial charge in [-0.15, -0.1) is 0 Å². The van der Waals surface area contributed by atoms with Gasteiger partial charge < -0.3 is 10.1 Å². The third kappa shape index (κ3) is 2.50. The molecule has 1 aromatic heterocycles. The highest BCUT2D eigenvalue weighted by Gasteiger charge is 2.31. The molecular formula is C18H19N5O. The summed E-state index contributed by atoms with van der Waals surface area (Å²) in [7, 11) is 1.68. The van der Waals surface area contributed by atoms with E-state index in [-0.39, 0.29) is 12.1 Å². The number of tetrazole rings is 1. The standard InChI is InChI=1S/C18H19N5O/c1-12-5-3-4-6-15(12)17-11-16(19-18-20-21-22-23(17)18)13-7-9-14(24-2)10-8-13/h3-10,16-17H,11H2,1-2H3,(H,19,20,22)/t16-,17+/m0/s1. The van der Waals surface area contributed by atoms with Crippen LogP contribution in [0.3, 0.4) is 0 Å². The second-order valence-electron chi connectivity index (χ2n) is 6.03. The van der Waals surface area contributed by atoms with E-state index in [1.807, 2.05) is 16.8 Å². The lowest BCUT2D eigenvalue weighted by Crippen LogP contribution is -2.28. The third-order valence-corrected chi connectivity index (χ3v) is 4.62. The second kappa shape index (κ2) is 5.96. The number of nitrogens with zero attached hydrogens (tertiary/aromatic N) is 4. The zero-order chi connectivity index (χ0) is 16.5. The molecule has 24 heavy (non-hydrogen) atoms. The van der Waals surface area contributed by atoms with Gasteiger partial charge in [0.1, 0.15) is 5.75 Å². The lowest BCUT2D eigenvalue weighted by atomic mass is 9.91. The number of ether oxygens (including phenoxy) is 1. The summed E-state index contributed by atoms with van der Waals surface area (Å²) in [5.74, 6) is 1.56. The maximum Gasteiger partial charge on any atom is 0.243 e. The van der Waals surface area contributed by atoms with Gasteiger partial charge in [0, 0.05) is 0 Å². The summed E-state index contributed by atoms with van der Waals surface area (Å²) in [6.07, 6.45) is 0.884. The van der Waals surface area contributed by atoms with Crippen molar-refractivity contribution in [2.45, 2.75) is 25.4 Å². The summed E-state index contributed by atoms with van der Waals surface area (Å²) in [6, 6.07) is 16.8. The molecule has 0 amide bonds. The van der Waals surface area contributed by atoms with E-state index in [4.69, 9.17) is 4.74 Å². The average molecular weight is 321 g/mol. The first-order valence-electron chi connectivity index (χ1n) is 8.00. The zero-order valence-electron chi connectivity index (χ0n) is 13.7. The first-order chi connectivity index (χ1) is 11.8. The maximum absolute atomic E-state index is 5.25. The molecule has 2 aromatic carbocycles. The van der Waals surface area contributed by atoms with Crippen LogP contribution in [0.1, 0.15) is 35.2 Å². The molecule has 1 aliphatic rings. The minimum atomic E-state index is 0.115. The summed E-state index contributed by atoms with van der Waals surface area (Å²) in [5.41, 5.74) is 3.70. The van der Waals surface area contributed by atoms with E-state index in [0.29, 0.717) is 5.95 Å². The van der Waals surface area contributed by atoms with Crippen LogP contribution in [0.2, 0.25) is 0 Å². The number of hydrogen-bond donors (Lipinski definition) is 1. The lowest BCUT2D eigenvalue weighted by Gasteiger charge is -2.31. The third-order valence-electron chi connectivity index (χ3n) is 4.62. The molecule has 0 saturated carbocycles. The van der Waals surface area contributed by atoms with E-state index in [1.165, 1.54) is 16.7 Å². The van der Waals surface area contributed by atoms with Gasteiger partial charge in [-0.3, -0.25) is 0 Å². The molecular weight excluding hydrogens is 302 g/mol. The SMILES string of the molecule is COc1ccc([C@@H]2C[C@H](c3ccccc3C)n3nnnc3N2)cc1. The number of hydrogen-bond acceptors (Lipinski definition) is 5. The molecule has 2 atom stereocenters. The van der Waals surface area contributed by atoms with Crippen LogP contribution < -0.4 is 10.1 Å². The van der Waals surface area contributed by atoms with Crippen LogP contribution in [0.25, 0.3) is 0 Å². The molecule has 0 aliphatic carbocycles. The Morgan fingerprint density at radius 3 is 2.67 bits per heavy atom. The van der Waals surface area contributed by atoms with E-state index in [1.54, 1.807) is 7.11 Å². The molecule has 6 heteroatoms. The maximum atomic E-state index is 5.25. The Bertz CT molecular complexity index is 843. The highest BCUT2D eigenvalue weighted by Crippen LogP contribution is 2.38. The van der Waals surface area contributed by atoms with Crippen LogP contribution in [0.5, 0.6) is 5.75 Å². The van der Waals surface area contributed by atoms with Gasteiger partial charge in [0.05, 0.1) is 19.2 Å². The van der Waals surface area contributed by atoms with Gasteiger partial charge in [0.2, 0.25) is 5.95 Å². The van der Waals surface area contributed by atoms with Crippen molar-refractivity contribution >= 4 is 5.95 Å². The Morgan fingerprint density at radius 2 is 1.92 bits per heavy atom.